The van der Waals surface area contributed by atoms with Gasteiger partial charge in [-0.3, -0.25) is 0 Å². The van der Waals surface area contributed by atoms with Gasteiger partial charge in [0.1, 0.15) is 0 Å². The summed E-state index contributed by atoms with van der Waals surface area (Å²) >= 11 is 0. The van der Waals surface area contributed by atoms with Crippen molar-refractivity contribution in [3.8, 4) is 0 Å². The summed E-state index contributed by atoms with van der Waals surface area (Å²) in [7, 11) is -3.32. The fraction of sp³-hybridized carbons (Fsp3) is 1.00. The van der Waals surface area contributed by atoms with Crippen LogP contribution >= 0.6 is 0 Å². The maximum atomic E-state index is 10.7. The van der Waals surface area contributed by atoms with Crippen LogP contribution in [0.25, 0.3) is 0 Å². The van der Waals surface area contributed by atoms with Crippen molar-refractivity contribution in [3.63, 3.8) is 0 Å². The van der Waals surface area contributed by atoms with Crippen molar-refractivity contribution < 1.29 is 8.42 Å². The van der Waals surface area contributed by atoms with Gasteiger partial charge in [-0.05, 0) is 38.4 Å². The first-order valence-electron chi connectivity index (χ1n) is 5.91. The maximum Gasteiger partial charge on any atom is 0.210 e. The minimum Gasteiger partial charge on any atom is -0.315 e. The molecule has 5 nitrogen and oxygen atoms in total. The average Bonchev–Trinajstić information content (AvgIpc) is 2.63. The number of nitrogens with one attached hydrogen (secondary N) is 1. The Balaban J connectivity index is 2.03. The Morgan fingerprint density at radius 1 is 1.38 bits per heavy atom. The molecule has 1 aliphatic heterocycles. The number of hydrogen-bond donors (Lipinski definition) is 2. The van der Waals surface area contributed by atoms with Gasteiger partial charge in [0.25, 0.3) is 0 Å². The highest BCUT2D eigenvalue weighted by Gasteiger charge is 2.14. The van der Waals surface area contributed by atoms with E-state index in [9.17, 15) is 8.42 Å². The monoisotopic (exact) mass is 249 g/mol. The van der Waals surface area contributed by atoms with Gasteiger partial charge in [0.05, 0.1) is 5.75 Å². The maximum absolute atomic E-state index is 10.7. The van der Waals surface area contributed by atoms with Gasteiger partial charge in [0.2, 0.25) is 10.0 Å². The van der Waals surface area contributed by atoms with Crippen molar-refractivity contribution in [2.24, 2.45) is 11.1 Å². The summed E-state index contributed by atoms with van der Waals surface area (Å²) in [6.45, 7) is 7.00. The van der Waals surface area contributed by atoms with E-state index < -0.39 is 10.0 Å². The van der Waals surface area contributed by atoms with E-state index in [4.69, 9.17) is 5.14 Å². The summed E-state index contributed by atoms with van der Waals surface area (Å²) < 4.78 is 21.4. The predicted molar refractivity (Wildman–Crippen MR) is 65.7 cm³/mol. The standard InChI is InChI=1S/C10H23N3O2S/c1-10(9-13-5-2-3-6-13)8-12-4-7-16(11,14)15/h10,12H,2-9H2,1H3,(H2,11,14,15). The number of sulfonamides is 1. The number of hydrogen-bond acceptors (Lipinski definition) is 4. The zero-order chi connectivity index (χ0) is 12.0. The zero-order valence-electron chi connectivity index (χ0n) is 9.98. The molecular weight excluding hydrogens is 226 g/mol. The van der Waals surface area contributed by atoms with Crippen LogP contribution in [0, 0.1) is 5.92 Å². The van der Waals surface area contributed by atoms with Crippen LogP contribution in [0.1, 0.15) is 19.8 Å². The number of primary sulfonamides is 1. The van der Waals surface area contributed by atoms with Gasteiger partial charge in [0, 0.05) is 13.1 Å². The summed E-state index contributed by atoms with van der Waals surface area (Å²) in [6.07, 6.45) is 2.62. The topological polar surface area (TPSA) is 75.4 Å². The summed E-state index contributed by atoms with van der Waals surface area (Å²) in [6, 6.07) is 0. The molecule has 6 heteroatoms. The third-order valence-electron chi connectivity index (χ3n) is 2.82. The molecule has 0 bridgehead atoms. The minimum atomic E-state index is -3.32. The Morgan fingerprint density at radius 3 is 2.56 bits per heavy atom. The highest BCUT2D eigenvalue weighted by molar-refractivity contribution is 7.89. The van der Waals surface area contributed by atoms with E-state index >= 15 is 0 Å². The average molecular weight is 249 g/mol. The molecule has 0 aliphatic carbocycles. The molecule has 0 spiro atoms. The van der Waals surface area contributed by atoms with E-state index in [1.807, 2.05) is 0 Å². The van der Waals surface area contributed by atoms with E-state index in [0.717, 1.165) is 13.1 Å². The van der Waals surface area contributed by atoms with E-state index in [0.29, 0.717) is 12.5 Å². The first-order valence-corrected chi connectivity index (χ1v) is 7.62. The second-order valence-corrected chi connectivity index (χ2v) is 6.42. The first-order chi connectivity index (χ1) is 7.47. The van der Waals surface area contributed by atoms with Gasteiger partial charge in [-0.25, -0.2) is 13.6 Å². The fourth-order valence-corrected chi connectivity index (χ4v) is 2.46. The largest absolute Gasteiger partial charge is 0.315 e. The Morgan fingerprint density at radius 2 is 2.00 bits per heavy atom. The lowest BCUT2D eigenvalue weighted by Gasteiger charge is -2.20. The van der Waals surface area contributed by atoms with Crippen LogP contribution in [0.2, 0.25) is 0 Å². The fourth-order valence-electron chi connectivity index (χ4n) is 2.03. The number of nitrogens with two attached hydrogens (primary N) is 1. The van der Waals surface area contributed by atoms with Gasteiger partial charge >= 0.3 is 0 Å². The Kier molecular flexibility index (Phi) is 5.68. The molecule has 96 valence electrons. The molecule has 1 saturated heterocycles. The number of rotatable bonds is 7. The molecule has 1 rings (SSSR count). The summed E-state index contributed by atoms with van der Waals surface area (Å²) in [4.78, 5) is 2.46. The Bertz CT molecular complexity index is 286. The molecule has 1 unspecified atom stereocenters. The van der Waals surface area contributed by atoms with Crippen LogP contribution < -0.4 is 10.5 Å². The van der Waals surface area contributed by atoms with Crippen molar-refractivity contribution in [2.75, 3.05) is 38.5 Å². The SMILES string of the molecule is CC(CNCCS(N)(=O)=O)CN1CCCC1. The smallest absolute Gasteiger partial charge is 0.210 e. The Labute approximate surface area is 98.4 Å². The van der Waals surface area contributed by atoms with E-state index in [1.165, 1.54) is 25.9 Å². The minimum absolute atomic E-state index is 0.0173. The molecule has 1 aliphatic rings. The van der Waals surface area contributed by atoms with Crippen LogP contribution in [0.4, 0.5) is 0 Å². The molecule has 0 saturated carbocycles. The van der Waals surface area contributed by atoms with Crippen LogP contribution in [-0.2, 0) is 10.0 Å². The zero-order valence-corrected chi connectivity index (χ0v) is 10.8. The second kappa shape index (κ2) is 6.54. The number of nitrogens with zero attached hydrogens (tertiary/aromatic N) is 1. The lowest BCUT2D eigenvalue weighted by Crippen LogP contribution is -2.34. The molecule has 1 atom stereocenters. The van der Waals surface area contributed by atoms with Gasteiger partial charge in [0.15, 0.2) is 0 Å². The molecule has 3 N–H and O–H groups in total. The second-order valence-electron chi connectivity index (χ2n) is 4.68. The summed E-state index contributed by atoms with van der Waals surface area (Å²) in [5.41, 5.74) is 0. The summed E-state index contributed by atoms with van der Waals surface area (Å²) in [5, 5.41) is 8.04. The molecule has 0 aromatic rings. The molecule has 16 heavy (non-hydrogen) atoms. The van der Waals surface area contributed by atoms with Gasteiger partial charge in [-0.2, -0.15) is 0 Å². The van der Waals surface area contributed by atoms with Gasteiger partial charge in [-0.1, -0.05) is 6.92 Å². The molecule has 1 heterocycles. The lowest BCUT2D eigenvalue weighted by molar-refractivity contribution is 0.284. The van der Waals surface area contributed by atoms with Crippen molar-refractivity contribution in [1.29, 1.82) is 0 Å². The van der Waals surface area contributed by atoms with E-state index in [1.54, 1.807) is 0 Å². The van der Waals surface area contributed by atoms with Crippen LogP contribution in [0.15, 0.2) is 0 Å². The van der Waals surface area contributed by atoms with Crippen LogP contribution in [0.3, 0.4) is 0 Å². The van der Waals surface area contributed by atoms with E-state index in [-0.39, 0.29) is 5.75 Å². The normalized spacial score (nSPS) is 20.1. The van der Waals surface area contributed by atoms with Crippen LogP contribution in [0.5, 0.6) is 0 Å². The van der Waals surface area contributed by atoms with Crippen molar-refractivity contribution in [2.45, 2.75) is 19.8 Å². The third kappa shape index (κ3) is 6.42. The van der Waals surface area contributed by atoms with Crippen molar-refractivity contribution in [1.82, 2.24) is 10.2 Å². The highest BCUT2D eigenvalue weighted by Crippen LogP contribution is 2.09. The molecule has 0 aromatic carbocycles. The quantitative estimate of drug-likeness (QED) is 0.602. The predicted octanol–water partition coefficient (Wildman–Crippen LogP) is -0.404. The van der Waals surface area contributed by atoms with Crippen molar-refractivity contribution >= 4 is 10.0 Å². The third-order valence-corrected chi connectivity index (χ3v) is 3.60. The van der Waals surface area contributed by atoms with Crippen molar-refractivity contribution in [3.05, 3.63) is 0 Å². The summed E-state index contributed by atoms with van der Waals surface area (Å²) in [5.74, 6) is 0.572. The van der Waals surface area contributed by atoms with E-state index in [2.05, 4.69) is 17.1 Å². The first kappa shape index (κ1) is 13.9. The van der Waals surface area contributed by atoms with Gasteiger partial charge < -0.3 is 10.2 Å². The Hall–Kier alpha value is -0.170. The highest BCUT2D eigenvalue weighted by atomic mass is 32.2. The number of likely N-dealkylation sites (tertiary alicyclic amines) is 1. The molecule has 0 aromatic heterocycles. The molecule has 0 radical (unpaired) electrons. The lowest BCUT2D eigenvalue weighted by atomic mass is 10.1. The van der Waals surface area contributed by atoms with Crippen LogP contribution in [-0.4, -0.2) is 51.8 Å². The van der Waals surface area contributed by atoms with Gasteiger partial charge in [-0.15, -0.1) is 0 Å². The molecular formula is C10H23N3O2S. The molecule has 1 fully saturated rings. The molecule has 0 amide bonds.